The van der Waals surface area contributed by atoms with E-state index in [0.29, 0.717) is 5.92 Å². The Morgan fingerprint density at radius 3 is 1.92 bits per heavy atom. The van der Waals surface area contributed by atoms with E-state index in [1.54, 1.807) is 0 Å². The standard InChI is InChI=1S/C11H18N2/c12-8-6-11(7-9-13)10-4-2-1-3-5-10/h1-5,11H,6-9,12-13H2. The molecule has 0 bridgehead atoms. The molecule has 0 saturated heterocycles. The van der Waals surface area contributed by atoms with Gasteiger partial charge in [0.2, 0.25) is 0 Å². The smallest absolute Gasteiger partial charge is 0.00714 e. The van der Waals surface area contributed by atoms with E-state index in [0.717, 1.165) is 25.9 Å². The van der Waals surface area contributed by atoms with E-state index in [1.165, 1.54) is 5.56 Å². The highest BCUT2D eigenvalue weighted by atomic mass is 14.5. The third-order valence-corrected chi connectivity index (χ3v) is 2.30. The molecule has 4 N–H and O–H groups in total. The molecule has 0 spiro atoms. The summed E-state index contributed by atoms with van der Waals surface area (Å²) in [6.45, 7) is 1.47. The zero-order chi connectivity index (χ0) is 9.52. The minimum absolute atomic E-state index is 0.538. The second-order valence-electron chi connectivity index (χ2n) is 3.26. The minimum Gasteiger partial charge on any atom is -0.330 e. The van der Waals surface area contributed by atoms with Crippen LogP contribution in [-0.4, -0.2) is 13.1 Å². The van der Waals surface area contributed by atoms with Crippen molar-refractivity contribution in [3.05, 3.63) is 35.9 Å². The highest BCUT2D eigenvalue weighted by Gasteiger charge is 2.08. The zero-order valence-corrected chi connectivity index (χ0v) is 7.95. The van der Waals surface area contributed by atoms with Gasteiger partial charge in [-0.3, -0.25) is 0 Å². The molecule has 0 unspecified atom stereocenters. The molecule has 13 heavy (non-hydrogen) atoms. The fourth-order valence-corrected chi connectivity index (χ4v) is 1.61. The molecular formula is C11H18N2. The van der Waals surface area contributed by atoms with Crippen molar-refractivity contribution < 1.29 is 0 Å². The molecule has 0 heterocycles. The van der Waals surface area contributed by atoms with E-state index in [2.05, 4.69) is 24.3 Å². The van der Waals surface area contributed by atoms with Crippen LogP contribution in [0.1, 0.15) is 24.3 Å². The van der Waals surface area contributed by atoms with Crippen molar-refractivity contribution in [2.45, 2.75) is 18.8 Å². The maximum atomic E-state index is 5.56. The molecule has 0 fully saturated rings. The Labute approximate surface area is 79.9 Å². The summed E-state index contributed by atoms with van der Waals surface area (Å²) in [6.07, 6.45) is 2.06. The summed E-state index contributed by atoms with van der Waals surface area (Å²) in [6, 6.07) is 10.5. The molecule has 0 atom stereocenters. The van der Waals surface area contributed by atoms with Gasteiger partial charge in [0.25, 0.3) is 0 Å². The molecule has 1 aromatic rings. The van der Waals surface area contributed by atoms with E-state index in [9.17, 15) is 0 Å². The topological polar surface area (TPSA) is 52.0 Å². The molecule has 2 heteroatoms. The Morgan fingerprint density at radius 1 is 0.923 bits per heavy atom. The van der Waals surface area contributed by atoms with Gasteiger partial charge in [-0.05, 0) is 37.4 Å². The maximum absolute atomic E-state index is 5.56. The summed E-state index contributed by atoms with van der Waals surface area (Å²) in [4.78, 5) is 0. The molecule has 0 aromatic heterocycles. The first-order valence-electron chi connectivity index (χ1n) is 4.83. The molecular weight excluding hydrogens is 160 g/mol. The highest BCUT2D eigenvalue weighted by molar-refractivity contribution is 5.19. The van der Waals surface area contributed by atoms with Gasteiger partial charge in [0.1, 0.15) is 0 Å². The van der Waals surface area contributed by atoms with E-state index >= 15 is 0 Å². The number of rotatable bonds is 5. The van der Waals surface area contributed by atoms with Gasteiger partial charge in [0.15, 0.2) is 0 Å². The van der Waals surface area contributed by atoms with Crippen LogP contribution in [-0.2, 0) is 0 Å². The monoisotopic (exact) mass is 178 g/mol. The number of hydrogen-bond donors (Lipinski definition) is 2. The summed E-state index contributed by atoms with van der Waals surface area (Å²) in [5.41, 5.74) is 12.5. The van der Waals surface area contributed by atoms with Crippen molar-refractivity contribution in [3.8, 4) is 0 Å². The maximum Gasteiger partial charge on any atom is -0.00714 e. The van der Waals surface area contributed by atoms with Crippen molar-refractivity contribution >= 4 is 0 Å². The number of nitrogens with two attached hydrogens (primary N) is 2. The molecule has 72 valence electrons. The first-order chi connectivity index (χ1) is 6.38. The lowest BCUT2D eigenvalue weighted by molar-refractivity contribution is 0.592. The molecule has 0 radical (unpaired) electrons. The summed E-state index contributed by atoms with van der Waals surface area (Å²) in [5, 5.41) is 0. The number of hydrogen-bond acceptors (Lipinski definition) is 2. The lowest BCUT2D eigenvalue weighted by Gasteiger charge is -2.14. The van der Waals surface area contributed by atoms with Gasteiger partial charge < -0.3 is 11.5 Å². The highest BCUT2D eigenvalue weighted by Crippen LogP contribution is 2.21. The molecule has 1 rings (SSSR count). The Balaban J connectivity index is 2.64. The Kier molecular flexibility index (Phi) is 4.50. The van der Waals surface area contributed by atoms with Crippen molar-refractivity contribution in [1.82, 2.24) is 0 Å². The van der Waals surface area contributed by atoms with Gasteiger partial charge in [0, 0.05) is 0 Å². The van der Waals surface area contributed by atoms with Crippen LogP contribution in [0.15, 0.2) is 30.3 Å². The average molecular weight is 178 g/mol. The second-order valence-corrected chi connectivity index (χ2v) is 3.26. The van der Waals surface area contributed by atoms with E-state index < -0.39 is 0 Å². The zero-order valence-electron chi connectivity index (χ0n) is 7.95. The Hall–Kier alpha value is -0.860. The normalized spacial score (nSPS) is 10.7. The van der Waals surface area contributed by atoms with Crippen LogP contribution in [0.25, 0.3) is 0 Å². The fourth-order valence-electron chi connectivity index (χ4n) is 1.61. The molecule has 1 aromatic carbocycles. The van der Waals surface area contributed by atoms with Crippen molar-refractivity contribution in [2.24, 2.45) is 11.5 Å². The first-order valence-corrected chi connectivity index (χ1v) is 4.83. The molecule has 0 aliphatic carbocycles. The third kappa shape index (κ3) is 3.17. The van der Waals surface area contributed by atoms with Gasteiger partial charge in [-0.1, -0.05) is 30.3 Å². The quantitative estimate of drug-likeness (QED) is 0.717. The SMILES string of the molecule is NCCC(CCN)c1ccccc1. The van der Waals surface area contributed by atoms with E-state index in [-0.39, 0.29) is 0 Å². The lowest BCUT2D eigenvalue weighted by atomic mass is 9.93. The van der Waals surface area contributed by atoms with Gasteiger partial charge in [-0.25, -0.2) is 0 Å². The molecule has 0 aliphatic rings. The Morgan fingerprint density at radius 2 is 1.46 bits per heavy atom. The van der Waals surface area contributed by atoms with Crippen LogP contribution in [0.2, 0.25) is 0 Å². The summed E-state index contributed by atoms with van der Waals surface area (Å²) < 4.78 is 0. The number of benzene rings is 1. The van der Waals surface area contributed by atoms with Crippen LogP contribution in [0.4, 0.5) is 0 Å². The van der Waals surface area contributed by atoms with Crippen LogP contribution in [0, 0.1) is 0 Å². The predicted octanol–water partition coefficient (Wildman–Crippen LogP) is 1.47. The summed E-state index contributed by atoms with van der Waals surface area (Å²) in [7, 11) is 0. The fraction of sp³-hybridized carbons (Fsp3) is 0.455. The second kappa shape index (κ2) is 5.73. The van der Waals surface area contributed by atoms with Gasteiger partial charge in [-0.2, -0.15) is 0 Å². The van der Waals surface area contributed by atoms with Gasteiger partial charge >= 0.3 is 0 Å². The van der Waals surface area contributed by atoms with Gasteiger partial charge in [0.05, 0.1) is 0 Å². The Bertz CT molecular complexity index is 215. The summed E-state index contributed by atoms with van der Waals surface area (Å²) in [5.74, 6) is 0.538. The molecule has 0 aliphatic heterocycles. The predicted molar refractivity (Wildman–Crippen MR) is 56.5 cm³/mol. The van der Waals surface area contributed by atoms with E-state index in [4.69, 9.17) is 11.5 Å². The van der Waals surface area contributed by atoms with Crippen molar-refractivity contribution in [1.29, 1.82) is 0 Å². The van der Waals surface area contributed by atoms with Crippen LogP contribution in [0.5, 0.6) is 0 Å². The third-order valence-electron chi connectivity index (χ3n) is 2.30. The first kappa shape index (κ1) is 10.2. The molecule has 2 nitrogen and oxygen atoms in total. The largest absolute Gasteiger partial charge is 0.330 e. The van der Waals surface area contributed by atoms with E-state index in [1.807, 2.05) is 6.07 Å². The van der Waals surface area contributed by atoms with Crippen LogP contribution in [0.3, 0.4) is 0 Å². The minimum atomic E-state index is 0.538. The van der Waals surface area contributed by atoms with Crippen LogP contribution < -0.4 is 11.5 Å². The summed E-state index contributed by atoms with van der Waals surface area (Å²) >= 11 is 0. The van der Waals surface area contributed by atoms with Crippen molar-refractivity contribution in [3.63, 3.8) is 0 Å². The van der Waals surface area contributed by atoms with Crippen molar-refractivity contribution in [2.75, 3.05) is 13.1 Å². The van der Waals surface area contributed by atoms with Gasteiger partial charge in [-0.15, -0.1) is 0 Å². The van der Waals surface area contributed by atoms with Crippen LogP contribution >= 0.6 is 0 Å². The molecule has 0 amide bonds. The molecule has 0 saturated carbocycles. The average Bonchev–Trinajstić information content (AvgIpc) is 2.19. The lowest BCUT2D eigenvalue weighted by Crippen LogP contribution is -2.11.